The molecule has 24 heavy (non-hydrogen) atoms. The smallest absolute Gasteiger partial charge is 0.312 e. The number of aryl methyl sites for hydroxylation is 1. The summed E-state index contributed by atoms with van der Waals surface area (Å²) < 4.78 is 6.67. The van der Waals surface area contributed by atoms with E-state index in [4.69, 9.17) is 4.74 Å². The van der Waals surface area contributed by atoms with Gasteiger partial charge in [0.05, 0.1) is 12.0 Å². The number of imidazole rings is 1. The van der Waals surface area contributed by atoms with E-state index in [9.17, 15) is 14.9 Å². The van der Waals surface area contributed by atoms with E-state index in [0.29, 0.717) is 11.3 Å². The van der Waals surface area contributed by atoms with Gasteiger partial charge in [0, 0.05) is 24.1 Å². The quantitative estimate of drug-likeness (QED) is 0.587. The summed E-state index contributed by atoms with van der Waals surface area (Å²) in [6, 6.07) is 7.97. The van der Waals surface area contributed by atoms with Crippen LogP contribution in [0.3, 0.4) is 0 Å². The molecule has 8 nitrogen and oxygen atoms in total. The lowest BCUT2D eigenvalue weighted by atomic mass is 10.2. The number of nitro benzene ring substituents is 1. The van der Waals surface area contributed by atoms with Gasteiger partial charge in [0.2, 0.25) is 0 Å². The van der Waals surface area contributed by atoms with E-state index in [1.54, 1.807) is 10.6 Å². The van der Waals surface area contributed by atoms with Crippen LogP contribution in [-0.2, 0) is 0 Å². The van der Waals surface area contributed by atoms with Crippen molar-refractivity contribution in [3.63, 3.8) is 0 Å². The summed E-state index contributed by atoms with van der Waals surface area (Å²) in [7, 11) is 1.35. The molecule has 0 atom stereocenters. The van der Waals surface area contributed by atoms with E-state index in [-0.39, 0.29) is 17.1 Å². The van der Waals surface area contributed by atoms with Gasteiger partial charge in [-0.1, -0.05) is 0 Å². The van der Waals surface area contributed by atoms with E-state index in [2.05, 4.69) is 10.3 Å². The van der Waals surface area contributed by atoms with E-state index in [1.807, 2.05) is 25.3 Å². The number of carbonyl (C=O) groups is 1. The Morgan fingerprint density at radius 2 is 2.12 bits per heavy atom. The van der Waals surface area contributed by atoms with Gasteiger partial charge in [0.15, 0.2) is 5.75 Å². The number of hydrogen-bond donors (Lipinski definition) is 1. The fourth-order valence-electron chi connectivity index (χ4n) is 2.30. The molecular formula is C16H14N4O4. The van der Waals surface area contributed by atoms with Crippen LogP contribution < -0.4 is 10.1 Å². The van der Waals surface area contributed by atoms with Crippen molar-refractivity contribution >= 4 is 22.9 Å². The van der Waals surface area contributed by atoms with Crippen LogP contribution >= 0.6 is 0 Å². The number of fused-ring (bicyclic) bond motifs is 1. The van der Waals surface area contributed by atoms with Gasteiger partial charge in [0.1, 0.15) is 11.3 Å². The minimum Gasteiger partial charge on any atom is -0.490 e. The lowest BCUT2D eigenvalue weighted by molar-refractivity contribution is -0.385. The third-order valence-corrected chi connectivity index (χ3v) is 3.48. The van der Waals surface area contributed by atoms with Crippen molar-refractivity contribution in [2.24, 2.45) is 0 Å². The molecule has 1 N–H and O–H groups in total. The zero-order valence-corrected chi connectivity index (χ0v) is 13.0. The summed E-state index contributed by atoms with van der Waals surface area (Å²) in [5, 5.41) is 13.6. The highest BCUT2D eigenvalue weighted by atomic mass is 16.6. The van der Waals surface area contributed by atoms with Gasteiger partial charge in [-0.15, -0.1) is 0 Å². The van der Waals surface area contributed by atoms with E-state index < -0.39 is 10.8 Å². The van der Waals surface area contributed by atoms with Crippen molar-refractivity contribution in [3.8, 4) is 5.75 Å². The molecule has 0 saturated carbocycles. The number of nitrogens with one attached hydrogen (secondary N) is 1. The molecule has 8 heteroatoms. The third-order valence-electron chi connectivity index (χ3n) is 3.48. The Morgan fingerprint density at radius 1 is 1.33 bits per heavy atom. The summed E-state index contributed by atoms with van der Waals surface area (Å²) in [5.41, 5.74) is 1.98. The molecule has 0 aliphatic heterocycles. The number of nitro groups is 1. The van der Waals surface area contributed by atoms with Crippen molar-refractivity contribution in [2.45, 2.75) is 6.92 Å². The highest BCUT2D eigenvalue weighted by Gasteiger charge is 2.17. The standard InChI is InChI=1S/C16H14N4O4/c1-10-5-6-19-9-12(18-15(19)7-10)16(21)17-11-3-4-14(24-2)13(8-11)20(22)23/h3-9H,1-2H3,(H,17,21). The van der Waals surface area contributed by atoms with Crippen LogP contribution in [0.2, 0.25) is 0 Å². The molecule has 2 heterocycles. The Balaban J connectivity index is 1.88. The Kier molecular flexibility index (Phi) is 3.87. The van der Waals surface area contributed by atoms with Crippen LogP contribution in [0.15, 0.2) is 42.7 Å². The van der Waals surface area contributed by atoms with E-state index in [0.717, 1.165) is 5.56 Å². The molecule has 3 rings (SSSR count). The lowest BCUT2D eigenvalue weighted by Gasteiger charge is -2.05. The zero-order valence-electron chi connectivity index (χ0n) is 13.0. The van der Waals surface area contributed by atoms with Crippen LogP contribution in [0.1, 0.15) is 16.1 Å². The minimum atomic E-state index is -0.567. The second kappa shape index (κ2) is 5.99. The highest BCUT2D eigenvalue weighted by molar-refractivity contribution is 6.03. The Labute approximate surface area is 136 Å². The molecule has 0 fully saturated rings. The predicted molar refractivity (Wildman–Crippen MR) is 87.5 cm³/mol. The molecule has 2 aromatic heterocycles. The molecular weight excluding hydrogens is 312 g/mol. The highest BCUT2D eigenvalue weighted by Crippen LogP contribution is 2.29. The number of anilines is 1. The molecule has 1 amide bonds. The number of aromatic nitrogens is 2. The average molecular weight is 326 g/mol. The van der Waals surface area contributed by atoms with Gasteiger partial charge >= 0.3 is 5.69 Å². The third kappa shape index (κ3) is 2.89. The molecule has 0 radical (unpaired) electrons. The molecule has 0 aliphatic carbocycles. The number of nitrogens with zero attached hydrogens (tertiary/aromatic N) is 3. The fraction of sp³-hybridized carbons (Fsp3) is 0.125. The van der Waals surface area contributed by atoms with Crippen LogP contribution in [0, 0.1) is 17.0 Å². The van der Waals surface area contributed by atoms with Crippen molar-refractivity contribution in [1.82, 2.24) is 9.38 Å². The van der Waals surface area contributed by atoms with Gasteiger partial charge in [-0.25, -0.2) is 4.98 Å². The predicted octanol–water partition coefficient (Wildman–Crippen LogP) is 2.81. The zero-order chi connectivity index (χ0) is 17.3. The molecule has 0 saturated heterocycles. The maximum Gasteiger partial charge on any atom is 0.312 e. The molecule has 0 unspecified atom stereocenters. The first-order valence-electron chi connectivity index (χ1n) is 7.07. The Morgan fingerprint density at radius 3 is 2.83 bits per heavy atom. The SMILES string of the molecule is COc1ccc(NC(=O)c2cn3ccc(C)cc3n2)cc1[N+](=O)[O-]. The number of hydrogen-bond acceptors (Lipinski definition) is 5. The number of pyridine rings is 1. The number of benzene rings is 1. The molecule has 0 bridgehead atoms. The first-order chi connectivity index (χ1) is 11.5. The van der Waals surface area contributed by atoms with Crippen LogP contribution in [-0.4, -0.2) is 27.3 Å². The summed E-state index contributed by atoms with van der Waals surface area (Å²) in [6.07, 6.45) is 3.41. The van der Waals surface area contributed by atoms with Crippen LogP contribution in [0.5, 0.6) is 5.75 Å². The van der Waals surface area contributed by atoms with Crippen LogP contribution in [0.4, 0.5) is 11.4 Å². The van der Waals surface area contributed by atoms with Gasteiger partial charge in [-0.3, -0.25) is 14.9 Å². The van der Waals surface area contributed by atoms with E-state index >= 15 is 0 Å². The maximum absolute atomic E-state index is 12.3. The van der Waals surface area contributed by atoms with Crippen molar-refractivity contribution in [1.29, 1.82) is 0 Å². The summed E-state index contributed by atoms with van der Waals surface area (Å²) in [4.78, 5) is 27.0. The first-order valence-corrected chi connectivity index (χ1v) is 7.07. The van der Waals surface area contributed by atoms with Crippen molar-refractivity contribution in [2.75, 3.05) is 12.4 Å². The number of carbonyl (C=O) groups excluding carboxylic acids is 1. The molecule has 1 aromatic carbocycles. The number of methoxy groups -OCH3 is 1. The Hall–Kier alpha value is -3.42. The first kappa shape index (κ1) is 15.5. The average Bonchev–Trinajstić information content (AvgIpc) is 2.98. The summed E-state index contributed by atoms with van der Waals surface area (Å²) in [6.45, 7) is 1.94. The molecule has 122 valence electrons. The normalized spacial score (nSPS) is 10.6. The number of rotatable bonds is 4. The second-order valence-corrected chi connectivity index (χ2v) is 5.19. The van der Waals surface area contributed by atoms with Gasteiger partial charge < -0.3 is 14.5 Å². The van der Waals surface area contributed by atoms with Gasteiger partial charge in [0.25, 0.3) is 5.91 Å². The largest absolute Gasteiger partial charge is 0.490 e. The van der Waals surface area contributed by atoms with Gasteiger partial charge in [-0.05, 0) is 36.8 Å². The molecule has 0 spiro atoms. The summed E-state index contributed by atoms with van der Waals surface area (Å²) >= 11 is 0. The molecule has 3 aromatic rings. The maximum atomic E-state index is 12.3. The summed E-state index contributed by atoms with van der Waals surface area (Å²) in [5.74, 6) is -0.322. The van der Waals surface area contributed by atoms with Gasteiger partial charge in [-0.2, -0.15) is 0 Å². The molecule has 0 aliphatic rings. The van der Waals surface area contributed by atoms with Crippen molar-refractivity contribution < 1.29 is 14.5 Å². The number of ether oxygens (including phenoxy) is 1. The number of amides is 1. The minimum absolute atomic E-state index is 0.126. The second-order valence-electron chi connectivity index (χ2n) is 5.19. The topological polar surface area (TPSA) is 98.8 Å². The van der Waals surface area contributed by atoms with Crippen molar-refractivity contribution in [3.05, 3.63) is 64.1 Å². The van der Waals surface area contributed by atoms with E-state index in [1.165, 1.54) is 25.3 Å². The Bertz CT molecular complexity index is 948. The fourth-order valence-corrected chi connectivity index (χ4v) is 2.30. The van der Waals surface area contributed by atoms with Crippen LogP contribution in [0.25, 0.3) is 5.65 Å². The monoisotopic (exact) mass is 326 g/mol. The lowest BCUT2D eigenvalue weighted by Crippen LogP contribution is -2.12.